The minimum atomic E-state index is -1.10. The Labute approximate surface area is 216 Å². The normalized spacial score (nSPS) is 17.5. The minimum Gasteiger partial charge on any atom is -0.433 e. The van der Waals surface area contributed by atoms with E-state index in [1.807, 2.05) is 19.2 Å². The molecule has 1 saturated carbocycles. The molecule has 1 aliphatic rings. The maximum Gasteiger partial charge on any atom is 0.227 e. The van der Waals surface area contributed by atoms with Gasteiger partial charge in [-0.05, 0) is 60.7 Å². The second kappa shape index (κ2) is 9.74. The number of aliphatic hydroxyl groups excluding tert-OH is 1. The van der Waals surface area contributed by atoms with Gasteiger partial charge < -0.3 is 19.4 Å². The fraction of sp³-hybridized carbons (Fsp3) is 0.241. The van der Waals surface area contributed by atoms with Crippen molar-refractivity contribution < 1.29 is 22.7 Å². The van der Waals surface area contributed by atoms with Crippen LogP contribution in [-0.4, -0.2) is 31.8 Å². The van der Waals surface area contributed by atoms with Gasteiger partial charge in [-0.25, -0.2) is 18.7 Å². The highest BCUT2D eigenvalue weighted by Crippen LogP contribution is 2.35. The molecular weight excluding hydrogens is 493 g/mol. The van der Waals surface area contributed by atoms with Gasteiger partial charge in [-0.15, -0.1) is 0 Å². The van der Waals surface area contributed by atoms with E-state index in [1.165, 1.54) is 18.2 Å². The molecule has 1 fully saturated rings. The average molecular weight is 519 g/mol. The number of hydrogen-bond acceptors (Lipinski definition) is 5. The van der Waals surface area contributed by atoms with Crippen molar-refractivity contribution in [3.8, 4) is 34.0 Å². The van der Waals surface area contributed by atoms with Gasteiger partial charge in [0, 0.05) is 48.7 Å². The lowest BCUT2D eigenvalue weighted by Gasteiger charge is -2.16. The maximum absolute atomic E-state index is 15.0. The van der Waals surface area contributed by atoms with Gasteiger partial charge in [0.25, 0.3) is 0 Å². The molecule has 0 amide bonds. The molecular formula is C29H25F3N4O2. The molecule has 5 aromatic rings. The fourth-order valence-electron chi connectivity index (χ4n) is 5.13. The van der Waals surface area contributed by atoms with E-state index < -0.39 is 17.7 Å². The molecule has 194 valence electrons. The number of nitrogens with zero attached hydrogens (tertiary/aromatic N) is 3. The number of rotatable bonds is 6. The number of imidazole rings is 1. The summed E-state index contributed by atoms with van der Waals surface area (Å²) in [6, 6.07) is 13.1. The van der Waals surface area contributed by atoms with Crippen LogP contribution in [-0.2, 0) is 13.6 Å². The number of hydrogen-bond donors (Lipinski definition) is 2. The van der Waals surface area contributed by atoms with Crippen molar-refractivity contribution >= 4 is 11.1 Å². The predicted molar refractivity (Wildman–Crippen MR) is 137 cm³/mol. The first-order valence-electron chi connectivity index (χ1n) is 12.5. The molecule has 6 rings (SSSR count). The molecule has 2 heterocycles. The molecule has 0 unspecified atom stereocenters. The number of halogens is 3. The van der Waals surface area contributed by atoms with Crippen LogP contribution in [0.15, 0.2) is 65.3 Å². The summed E-state index contributed by atoms with van der Waals surface area (Å²) in [5.74, 6) is -1.74. The minimum absolute atomic E-state index is 0.0681. The van der Waals surface area contributed by atoms with Crippen LogP contribution in [0.4, 0.5) is 13.2 Å². The van der Waals surface area contributed by atoms with Gasteiger partial charge in [-0.3, -0.25) is 0 Å². The van der Waals surface area contributed by atoms with E-state index >= 15 is 0 Å². The zero-order valence-electron chi connectivity index (χ0n) is 20.6. The van der Waals surface area contributed by atoms with Crippen molar-refractivity contribution in [2.75, 3.05) is 0 Å². The topological polar surface area (TPSA) is 76.1 Å². The van der Waals surface area contributed by atoms with Crippen LogP contribution in [0.2, 0.25) is 0 Å². The lowest BCUT2D eigenvalue weighted by Crippen LogP contribution is -2.35. The molecule has 2 atom stereocenters. The van der Waals surface area contributed by atoms with E-state index in [9.17, 15) is 18.3 Å². The molecule has 0 saturated heterocycles. The first kappa shape index (κ1) is 24.4. The van der Waals surface area contributed by atoms with E-state index in [-0.39, 0.29) is 41.0 Å². The van der Waals surface area contributed by atoms with Crippen LogP contribution in [0.3, 0.4) is 0 Å². The first-order valence-corrected chi connectivity index (χ1v) is 12.5. The number of fused-ring (bicyclic) bond motifs is 1. The summed E-state index contributed by atoms with van der Waals surface area (Å²) in [5, 5.41) is 13.1. The Bertz CT molecular complexity index is 1640. The highest BCUT2D eigenvalue weighted by atomic mass is 19.2. The standard InChI is InChI=1S/C29H25F3N4O2/c1-36-11-10-33-28(36)21-14-19(30)8-9-20(21)16-4-2-5-17(12-16)29-35-23-13-18(25(31)26(32)27(23)38-29)15-34-22-6-3-7-24(22)37/h2,4-5,8-14,22,24,34,37H,3,6-7,15H2,1H3/t22-,24+/m1/s1. The van der Waals surface area contributed by atoms with Gasteiger partial charge in [-0.2, -0.15) is 4.39 Å². The summed E-state index contributed by atoms with van der Waals surface area (Å²) >= 11 is 0. The molecule has 0 aliphatic heterocycles. The van der Waals surface area contributed by atoms with Crippen molar-refractivity contribution in [1.29, 1.82) is 0 Å². The Morgan fingerprint density at radius 1 is 1.03 bits per heavy atom. The Morgan fingerprint density at radius 3 is 2.63 bits per heavy atom. The van der Waals surface area contributed by atoms with Gasteiger partial charge in [-0.1, -0.05) is 18.2 Å². The summed E-state index contributed by atoms with van der Waals surface area (Å²) in [6.45, 7) is 0.0681. The van der Waals surface area contributed by atoms with Gasteiger partial charge in [0.05, 0.1) is 6.10 Å². The second-order valence-electron chi connectivity index (χ2n) is 9.65. The Balaban J connectivity index is 1.36. The van der Waals surface area contributed by atoms with E-state index in [4.69, 9.17) is 4.42 Å². The highest BCUT2D eigenvalue weighted by Gasteiger charge is 2.26. The van der Waals surface area contributed by atoms with Crippen LogP contribution in [0.1, 0.15) is 24.8 Å². The van der Waals surface area contributed by atoms with Crippen LogP contribution < -0.4 is 5.32 Å². The zero-order valence-corrected chi connectivity index (χ0v) is 20.6. The average Bonchev–Trinajstić information content (AvgIpc) is 3.65. The van der Waals surface area contributed by atoms with Crippen LogP contribution in [0.25, 0.3) is 45.1 Å². The summed E-state index contributed by atoms with van der Waals surface area (Å²) in [4.78, 5) is 8.81. The lowest BCUT2D eigenvalue weighted by atomic mass is 9.97. The molecule has 2 aromatic heterocycles. The van der Waals surface area contributed by atoms with E-state index in [2.05, 4.69) is 15.3 Å². The first-order chi connectivity index (χ1) is 18.4. The molecule has 38 heavy (non-hydrogen) atoms. The van der Waals surface area contributed by atoms with Crippen molar-refractivity contribution in [3.63, 3.8) is 0 Å². The monoisotopic (exact) mass is 518 g/mol. The predicted octanol–water partition coefficient (Wildman–Crippen LogP) is 5.98. The second-order valence-corrected chi connectivity index (χ2v) is 9.65. The van der Waals surface area contributed by atoms with Gasteiger partial charge in [0.1, 0.15) is 17.2 Å². The third kappa shape index (κ3) is 4.37. The molecule has 3 aromatic carbocycles. The molecule has 6 nitrogen and oxygen atoms in total. The number of nitrogens with one attached hydrogen (secondary N) is 1. The van der Waals surface area contributed by atoms with Gasteiger partial charge in [0.2, 0.25) is 11.7 Å². The molecule has 0 spiro atoms. The fourth-order valence-corrected chi connectivity index (χ4v) is 5.13. The van der Waals surface area contributed by atoms with Crippen molar-refractivity contribution in [2.45, 2.75) is 38.0 Å². The number of aliphatic hydroxyl groups is 1. The van der Waals surface area contributed by atoms with Crippen LogP contribution in [0, 0.1) is 17.5 Å². The third-order valence-corrected chi connectivity index (χ3v) is 7.14. The highest BCUT2D eigenvalue weighted by molar-refractivity contribution is 5.84. The molecule has 2 N–H and O–H groups in total. The largest absolute Gasteiger partial charge is 0.433 e. The summed E-state index contributed by atoms with van der Waals surface area (Å²) in [6.07, 6.45) is 5.31. The summed E-state index contributed by atoms with van der Waals surface area (Å²) in [7, 11) is 1.83. The van der Waals surface area contributed by atoms with Crippen molar-refractivity contribution in [3.05, 3.63) is 83.9 Å². The number of oxazole rings is 1. The van der Waals surface area contributed by atoms with E-state index in [0.29, 0.717) is 23.4 Å². The van der Waals surface area contributed by atoms with Gasteiger partial charge >= 0.3 is 0 Å². The quantitative estimate of drug-likeness (QED) is 0.289. The molecule has 1 aliphatic carbocycles. The number of aryl methyl sites for hydroxylation is 1. The SMILES string of the molecule is Cn1ccnc1-c1cc(F)ccc1-c1cccc(-c2nc3cc(CN[C@@H]4CCC[C@@H]4O)c(F)c(F)c3o2)c1. The lowest BCUT2D eigenvalue weighted by molar-refractivity contribution is 0.148. The smallest absolute Gasteiger partial charge is 0.227 e. The summed E-state index contributed by atoms with van der Waals surface area (Å²) in [5.41, 5.74) is 2.74. The molecule has 0 radical (unpaired) electrons. The number of aromatic nitrogens is 3. The van der Waals surface area contributed by atoms with Gasteiger partial charge in [0.15, 0.2) is 11.4 Å². The van der Waals surface area contributed by atoms with Crippen molar-refractivity contribution in [2.24, 2.45) is 7.05 Å². The Kier molecular flexibility index (Phi) is 6.25. The van der Waals surface area contributed by atoms with Crippen molar-refractivity contribution in [1.82, 2.24) is 19.9 Å². The Hall–Kier alpha value is -3.95. The Morgan fingerprint density at radius 2 is 1.87 bits per heavy atom. The number of benzene rings is 3. The zero-order chi connectivity index (χ0) is 26.4. The molecule has 0 bridgehead atoms. The third-order valence-electron chi connectivity index (χ3n) is 7.14. The maximum atomic E-state index is 15.0. The van der Waals surface area contributed by atoms with E-state index in [0.717, 1.165) is 24.0 Å². The van der Waals surface area contributed by atoms with E-state index in [1.54, 1.807) is 35.2 Å². The van der Waals surface area contributed by atoms with Crippen LogP contribution in [0.5, 0.6) is 0 Å². The van der Waals surface area contributed by atoms with Crippen LogP contribution >= 0.6 is 0 Å². The molecule has 9 heteroatoms. The summed E-state index contributed by atoms with van der Waals surface area (Å²) < 4.78 is 51.5.